The molecule has 2 heterocycles. The summed E-state index contributed by atoms with van der Waals surface area (Å²) in [5.41, 5.74) is 2.33. The molecule has 3 aromatic rings. The third-order valence-corrected chi connectivity index (χ3v) is 5.52. The lowest BCUT2D eigenvalue weighted by atomic mass is 10.1. The second-order valence-corrected chi connectivity index (χ2v) is 7.80. The van der Waals surface area contributed by atoms with Gasteiger partial charge in [0, 0.05) is 24.8 Å². The molecule has 0 aliphatic carbocycles. The van der Waals surface area contributed by atoms with Crippen LogP contribution in [0.1, 0.15) is 17.5 Å². The molecule has 1 N–H and O–H groups in total. The number of nitrogens with one attached hydrogen (secondary N) is 1. The third-order valence-electron chi connectivity index (χ3n) is 5.20. The van der Waals surface area contributed by atoms with Gasteiger partial charge in [-0.25, -0.2) is 4.98 Å². The number of aryl methyl sites for hydroxylation is 1. The van der Waals surface area contributed by atoms with Crippen LogP contribution in [-0.2, 0) is 9.59 Å². The number of pyridine rings is 1. The number of hydrogen-bond donors (Lipinski definition) is 1. The molecule has 160 valence electrons. The summed E-state index contributed by atoms with van der Waals surface area (Å²) in [6, 6.07) is 17.6. The maximum Gasteiger partial charge on any atom is 0.237 e. The van der Waals surface area contributed by atoms with Crippen LogP contribution in [0.3, 0.4) is 0 Å². The molecule has 1 fully saturated rings. The summed E-state index contributed by atoms with van der Waals surface area (Å²) in [7, 11) is 0. The van der Waals surface area contributed by atoms with E-state index < -0.39 is 5.92 Å². The molecule has 0 bridgehead atoms. The molecule has 2 aromatic carbocycles. The minimum absolute atomic E-state index is 0.119. The van der Waals surface area contributed by atoms with Crippen molar-refractivity contribution in [2.45, 2.75) is 13.3 Å². The number of nitrogens with zero attached hydrogens (tertiary/aromatic N) is 3. The number of anilines is 2. The van der Waals surface area contributed by atoms with Gasteiger partial charge >= 0.3 is 0 Å². The van der Waals surface area contributed by atoms with Gasteiger partial charge in [0.2, 0.25) is 17.7 Å². The predicted octanol–water partition coefficient (Wildman–Crippen LogP) is 4.70. The molecule has 1 saturated heterocycles. The summed E-state index contributed by atoms with van der Waals surface area (Å²) in [5, 5.41) is 12.5. The lowest BCUT2D eigenvalue weighted by Crippen LogP contribution is -2.28. The Hall–Kier alpha value is -3.89. The number of benzene rings is 2. The molecule has 8 heteroatoms. The summed E-state index contributed by atoms with van der Waals surface area (Å²) >= 11 is 6.21. The highest BCUT2D eigenvalue weighted by atomic mass is 35.5. The maximum atomic E-state index is 12.8. The summed E-state index contributed by atoms with van der Waals surface area (Å²) in [5.74, 6) is -0.142. The molecule has 4 rings (SSSR count). The van der Waals surface area contributed by atoms with Gasteiger partial charge < -0.3 is 15.0 Å². The highest BCUT2D eigenvalue weighted by molar-refractivity contribution is 6.33. The fourth-order valence-corrected chi connectivity index (χ4v) is 3.77. The molecule has 1 aliphatic rings. The van der Waals surface area contributed by atoms with E-state index >= 15 is 0 Å². The monoisotopic (exact) mass is 446 g/mol. The number of halogens is 1. The molecule has 1 unspecified atom stereocenters. The van der Waals surface area contributed by atoms with Gasteiger partial charge in [-0.1, -0.05) is 23.7 Å². The summed E-state index contributed by atoms with van der Waals surface area (Å²) in [6.45, 7) is 2.10. The summed E-state index contributed by atoms with van der Waals surface area (Å²) < 4.78 is 5.72. The Labute approximate surface area is 190 Å². The third kappa shape index (κ3) is 4.41. The molecule has 7 nitrogen and oxygen atoms in total. The SMILES string of the molecule is Cc1cc(Oc2ncccc2C#N)ccc1NC(=O)C1CC(=O)N(c2ccccc2Cl)C1. The molecule has 2 amide bonds. The molecule has 1 atom stereocenters. The molecule has 0 spiro atoms. The lowest BCUT2D eigenvalue weighted by molar-refractivity contribution is -0.122. The van der Waals surface area contributed by atoms with Crippen LogP contribution in [0.5, 0.6) is 11.6 Å². The number of nitriles is 1. The van der Waals surface area contributed by atoms with Gasteiger partial charge in [-0.05, 0) is 55.0 Å². The first-order valence-electron chi connectivity index (χ1n) is 9.95. The van der Waals surface area contributed by atoms with E-state index in [1.807, 2.05) is 13.0 Å². The van der Waals surface area contributed by atoms with Gasteiger partial charge in [-0.3, -0.25) is 9.59 Å². The van der Waals surface area contributed by atoms with Crippen LogP contribution in [-0.4, -0.2) is 23.3 Å². The van der Waals surface area contributed by atoms with Crippen molar-refractivity contribution in [1.29, 1.82) is 5.26 Å². The standard InChI is InChI=1S/C24H19ClN4O3/c1-15-11-18(32-24-16(13-26)5-4-10-27-24)8-9-20(15)28-23(31)17-12-22(30)29(14-17)21-7-3-2-6-19(21)25/h2-11,17H,12,14H2,1H3,(H,28,31). The first-order chi connectivity index (χ1) is 15.5. The van der Waals surface area contributed by atoms with Gasteiger partial charge in [0.25, 0.3) is 0 Å². The van der Waals surface area contributed by atoms with E-state index in [9.17, 15) is 14.9 Å². The van der Waals surface area contributed by atoms with Crippen molar-refractivity contribution in [3.8, 4) is 17.7 Å². The van der Waals surface area contributed by atoms with Crippen LogP contribution in [0.15, 0.2) is 60.8 Å². The van der Waals surface area contributed by atoms with Gasteiger partial charge in [-0.2, -0.15) is 5.26 Å². The predicted molar refractivity (Wildman–Crippen MR) is 121 cm³/mol. The molecule has 0 saturated carbocycles. The number of ether oxygens (including phenoxy) is 1. The van der Waals surface area contributed by atoms with E-state index in [0.29, 0.717) is 27.7 Å². The Bertz CT molecular complexity index is 1240. The minimum Gasteiger partial charge on any atom is -0.438 e. The quantitative estimate of drug-likeness (QED) is 0.612. The fraction of sp³-hybridized carbons (Fsp3) is 0.167. The zero-order chi connectivity index (χ0) is 22.7. The van der Waals surface area contributed by atoms with E-state index in [1.165, 1.54) is 0 Å². The highest BCUT2D eigenvalue weighted by Gasteiger charge is 2.36. The summed E-state index contributed by atoms with van der Waals surface area (Å²) in [4.78, 5) is 30.9. The van der Waals surface area contributed by atoms with Crippen LogP contribution in [0.2, 0.25) is 5.02 Å². The lowest BCUT2D eigenvalue weighted by Gasteiger charge is -2.18. The molecular formula is C24H19ClN4O3. The van der Waals surface area contributed by atoms with Crippen molar-refractivity contribution in [3.05, 3.63) is 76.9 Å². The topological polar surface area (TPSA) is 95.3 Å². The van der Waals surface area contributed by atoms with E-state index in [4.69, 9.17) is 16.3 Å². The van der Waals surface area contributed by atoms with Crippen LogP contribution in [0, 0.1) is 24.2 Å². The van der Waals surface area contributed by atoms with Crippen molar-refractivity contribution < 1.29 is 14.3 Å². The summed E-state index contributed by atoms with van der Waals surface area (Å²) in [6.07, 6.45) is 1.67. The number of carbonyl (C=O) groups is 2. The number of para-hydroxylation sites is 1. The van der Waals surface area contributed by atoms with E-state index in [2.05, 4.69) is 10.3 Å². The number of aromatic nitrogens is 1. The van der Waals surface area contributed by atoms with Crippen LogP contribution in [0.4, 0.5) is 11.4 Å². The van der Waals surface area contributed by atoms with Gasteiger partial charge in [-0.15, -0.1) is 0 Å². The average molecular weight is 447 g/mol. The van der Waals surface area contributed by atoms with Crippen LogP contribution in [0.25, 0.3) is 0 Å². The van der Waals surface area contributed by atoms with Gasteiger partial charge in [0.15, 0.2) is 0 Å². The zero-order valence-corrected chi connectivity index (χ0v) is 18.0. The molecule has 1 aliphatic heterocycles. The second kappa shape index (κ2) is 9.08. The van der Waals surface area contributed by atoms with Crippen molar-refractivity contribution in [2.24, 2.45) is 5.92 Å². The molecule has 32 heavy (non-hydrogen) atoms. The smallest absolute Gasteiger partial charge is 0.237 e. The van der Waals surface area contributed by atoms with Gasteiger partial charge in [0.1, 0.15) is 17.4 Å². The van der Waals surface area contributed by atoms with Crippen molar-refractivity contribution in [1.82, 2.24) is 4.98 Å². The van der Waals surface area contributed by atoms with Crippen LogP contribution < -0.4 is 15.0 Å². The largest absolute Gasteiger partial charge is 0.438 e. The Morgan fingerprint density at radius 2 is 2.06 bits per heavy atom. The number of carbonyl (C=O) groups excluding carboxylic acids is 2. The molecular weight excluding hydrogens is 428 g/mol. The number of hydrogen-bond acceptors (Lipinski definition) is 5. The number of amides is 2. The zero-order valence-electron chi connectivity index (χ0n) is 17.2. The van der Waals surface area contributed by atoms with E-state index in [-0.39, 0.29) is 30.7 Å². The van der Waals surface area contributed by atoms with Gasteiger partial charge in [0.05, 0.1) is 16.6 Å². The van der Waals surface area contributed by atoms with E-state index in [0.717, 1.165) is 5.56 Å². The Morgan fingerprint density at radius 1 is 1.25 bits per heavy atom. The average Bonchev–Trinajstić information content (AvgIpc) is 3.18. The maximum absolute atomic E-state index is 12.8. The van der Waals surface area contributed by atoms with Crippen molar-refractivity contribution in [3.63, 3.8) is 0 Å². The first-order valence-corrected chi connectivity index (χ1v) is 10.3. The second-order valence-electron chi connectivity index (χ2n) is 7.39. The number of rotatable bonds is 5. The van der Waals surface area contributed by atoms with Crippen molar-refractivity contribution >= 4 is 34.8 Å². The Kier molecular flexibility index (Phi) is 6.06. The molecule has 0 radical (unpaired) electrons. The Morgan fingerprint density at radius 3 is 2.81 bits per heavy atom. The molecule has 1 aromatic heterocycles. The van der Waals surface area contributed by atoms with Crippen molar-refractivity contribution in [2.75, 3.05) is 16.8 Å². The highest BCUT2D eigenvalue weighted by Crippen LogP contribution is 2.32. The first kappa shape index (κ1) is 21.3. The Balaban J connectivity index is 1.44. The van der Waals surface area contributed by atoms with Crippen LogP contribution >= 0.6 is 11.6 Å². The normalized spacial score (nSPS) is 15.3. The minimum atomic E-state index is -0.485. The van der Waals surface area contributed by atoms with E-state index in [1.54, 1.807) is 65.7 Å². The fourth-order valence-electron chi connectivity index (χ4n) is 3.53.